The Hall–Kier alpha value is -2.13. The lowest BCUT2D eigenvalue weighted by Gasteiger charge is -2.07. The van der Waals surface area contributed by atoms with Crippen molar-refractivity contribution in [3.05, 3.63) is 66.1 Å². The van der Waals surface area contributed by atoms with Crippen LogP contribution in [0.3, 0.4) is 0 Å². The van der Waals surface area contributed by atoms with Crippen LogP contribution < -0.4 is 5.73 Å². The molecule has 1 aromatic carbocycles. The molecule has 3 nitrogen and oxygen atoms in total. The fourth-order valence-electron chi connectivity index (χ4n) is 2.59. The van der Waals surface area contributed by atoms with Crippen LogP contribution in [0.2, 0.25) is 0 Å². The topological polar surface area (TPSA) is 43.8 Å². The minimum absolute atomic E-state index is 0.257. The van der Waals surface area contributed by atoms with Crippen LogP contribution in [0.1, 0.15) is 24.5 Å². The molecule has 0 aliphatic heterocycles. The monoisotopic (exact) mass is 279 g/mol. The summed E-state index contributed by atoms with van der Waals surface area (Å²) in [6.07, 6.45) is 8.12. The summed E-state index contributed by atoms with van der Waals surface area (Å²) in [6, 6.07) is 12.9. The molecule has 3 aromatic rings. The number of fused-ring (bicyclic) bond motifs is 1. The van der Waals surface area contributed by atoms with Crippen molar-refractivity contribution in [3.63, 3.8) is 0 Å². The van der Waals surface area contributed by atoms with E-state index < -0.39 is 0 Å². The van der Waals surface area contributed by atoms with Gasteiger partial charge in [0.25, 0.3) is 0 Å². The van der Waals surface area contributed by atoms with Gasteiger partial charge in [-0.2, -0.15) is 0 Å². The molecule has 0 radical (unpaired) electrons. The third-order valence-corrected chi connectivity index (χ3v) is 3.87. The number of hydrogen-bond acceptors (Lipinski definition) is 2. The Bertz CT molecular complexity index is 730. The van der Waals surface area contributed by atoms with Gasteiger partial charge in [0.2, 0.25) is 0 Å². The number of rotatable bonds is 5. The first-order valence-corrected chi connectivity index (χ1v) is 7.48. The zero-order valence-corrected chi connectivity index (χ0v) is 12.4. The van der Waals surface area contributed by atoms with E-state index in [9.17, 15) is 0 Å². The molecule has 0 amide bonds. The van der Waals surface area contributed by atoms with Crippen molar-refractivity contribution < 1.29 is 0 Å². The zero-order valence-electron chi connectivity index (χ0n) is 12.4. The predicted molar refractivity (Wildman–Crippen MR) is 87.2 cm³/mol. The fourth-order valence-corrected chi connectivity index (χ4v) is 2.59. The molecule has 0 aliphatic rings. The molecule has 1 unspecified atom stereocenters. The van der Waals surface area contributed by atoms with E-state index >= 15 is 0 Å². The standard InChI is InChI=1S/C18H21N3/c1-2-17(19)11-15-7-9-21(13-15)12-14-5-6-18-16(10-14)4-3-8-20-18/h3-10,13,17H,2,11-12,19H2,1H3. The van der Waals surface area contributed by atoms with E-state index in [1.165, 1.54) is 16.5 Å². The van der Waals surface area contributed by atoms with Gasteiger partial charge in [-0.1, -0.05) is 19.1 Å². The maximum atomic E-state index is 6.01. The average Bonchev–Trinajstić information content (AvgIpc) is 2.94. The lowest BCUT2D eigenvalue weighted by Crippen LogP contribution is -2.21. The van der Waals surface area contributed by atoms with Gasteiger partial charge in [0.05, 0.1) is 5.52 Å². The van der Waals surface area contributed by atoms with E-state index in [1.54, 1.807) is 0 Å². The molecule has 0 fully saturated rings. The van der Waals surface area contributed by atoms with Gasteiger partial charge < -0.3 is 10.3 Å². The third kappa shape index (κ3) is 3.31. The molecular weight excluding hydrogens is 258 g/mol. The van der Waals surface area contributed by atoms with Crippen molar-refractivity contribution in [1.29, 1.82) is 0 Å². The van der Waals surface area contributed by atoms with Gasteiger partial charge in [0.1, 0.15) is 0 Å². The molecule has 108 valence electrons. The lowest BCUT2D eigenvalue weighted by molar-refractivity contribution is 0.645. The molecule has 0 saturated heterocycles. The number of nitrogens with two attached hydrogens (primary N) is 1. The summed E-state index contributed by atoms with van der Waals surface area (Å²) in [6.45, 7) is 3.01. The van der Waals surface area contributed by atoms with Crippen molar-refractivity contribution in [2.75, 3.05) is 0 Å². The quantitative estimate of drug-likeness (QED) is 0.778. The normalized spacial score (nSPS) is 12.7. The Labute approximate surface area is 125 Å². The van der Waals surface area contributed by atoms with Crippen molar-refractivity contribution in [2.45, 2.75) is 32.4 Å². The van der Waals surface area contributed by atoms with Crippen LogP contribution in [-0.4, -0.2) is 15.6 Å². The second kappa shape index (κ2) is 6.10. The minimum Gasteiger partial charge on any atom is -0.350 e. The largest absolute Gasteiger partial charge is 0.350 e. The fraction of sp³-hybridized carbons (Fsp3) is 0.278. The van der Waals surface area contributed by atoms with Crippen LogP contribution in [0, 0.1) is 0 Å². The molecule has 3 heteroatoms. The van der Waals surface area contributed by atoms with Crippen molar-refractivity contribution >= 4 is 10.9 Å². The first kappa shape index (κ1) is 13.8. The molecule has 2 aromatic heterocycles. The highest BCUT2D eigenvalue weighted by molar-refractivity contribution is 5.78. The smallest absolute Gasteiger partial charge is 0.0702 e. The maximum Gasteiger partial charge on any atom is 0.0702 e. The molecule has 0 bridgehead atoms. The summed E-state index contributed by atoms with van der Waals surface area (Å²) in [7, 11) is 0. The number of hydrogen-bond donors (Lipinski definition) is 1. The van der Waals surface area contributed by atoms with Gasteiger partial charge in [-0.15, -0.1) is 0 Å². The van der Waals surface area contributed by atoms with E-state index in [4.69, 9.17) is 5.73 Å². The second-order valence-electron chi connectivity index (χ2n) is 5.59. The molecule has 0 aliphatic carbocycles. The highest BCUT2D eigenvalue weighted by Gasteiger charge is 2.04. The molecule has 2 N–H and O–H groups in total. The summed E-state index contributed by atoms with van der Waals surface area (Å²) in [5.41, 5.74) is 9.66. The number of benzene rings is 1. The van der Waals surface area contributed by atoms with Crippen LogP contribution >= 0.6 is 0 Å². The number of pyridine rings is 1. The van der Waals surface area contributed by atoms with Crippen molar-refractivity contribution in [2.24, 2.45) is 5.73 Å². The summed E-state index contributed by atoms with van der Waals surface area (Å²) in [5, 5.41) is 1.19. The summed E-state index contributed by atoms with van der Waals surface area (Å²) in [4.78, 5) is 4.35. The van der Waals surface area contributed by atoms with Gasteiger partial charge in [0.15, 0.2) is 0 Å². The molecule has 1 atom stereocenters. The summed E-state index contributed by atoms with van der Waals surface area (Å²) in [5.74, 6) is 0. The first-order valence-electron chi connectivity index (χ1n) is 7.48. The number of aromatic nitrogens is 2. The van der Waals surface area contributed by atoms with Crippen molar-refractivity contribution in [3.8, 4) is 0 Å². The van der Waals surface area contributed by atoms with E-state index in [0.717, 1.165) is 24.9 Å². The molecule has 21 heavy (non-hydrogen) atoms. The molecule has 0 spiro atoms. The summed E-state index contributed by atoms with van der Waals surface area (Å²) >= 11 is 0. The van der Waals surface area contributed by atoms with Gasteiger partial charge in [-0.05, 0) is 48.2 Å². The third-order valence-electron chi connectivity index (χ3n) is 3.87. The van der Waals surface area contributed by atoms with Crippen LogP contribution in [0.5, 0.6) is 0 Å². The maximum absolute atomic E-state index is 6.01. The summed E-state index contributed by atoms with van der Waals surface area (Å²) < 4.78 is 2.22. The van der Waals surface area contributed by atoms with Crippen LogP contribution in [0.25, 0.3) is 10.9 Å². The first-order chi connectivity index (χ1) is 10.2. The highest BCUT2D eigenvalue weighted by atomic mass is 14.9. The van der Waals surface area contributed by atoms with E-state index in [0.29, 0.717) is 0 Å². The van der Waals surface area contributed by atoms with Crippen LogP contribution in [0.15, 0.2) is 55.0 Å². The average molecular weight is 279 g/mol. The van der Waals surface area contributed by atoms with E-state index in [2.05, 4.69) is 59.2 Å². The Morgan fingerprint density at radius 2 is 2.10 bits per heavy atom. The van der Waals surface area contributed by atoms with Gasteiger partial charge >= 0.3 is 0 Å². The van der Waals surface area contributed by atoms with E-state index in [-0.39, 0.29) is 6.04 Å². The zero-order chi connectivity index (χ0) is 14.7. The Morgan fingerprint density at radius 3 is 2.95 bits per heavy atom. The molecular formula is C18H21N3. The molecule has 2 heterocycles. The van der Waals surface area contributed by atoms with Gasteiger partial charge in [0, 0.05) is 36.6 Å². The highest BCUT2D eigenvalue weighted by Crippen LogP contribution is 2.15. The van der Waals surface area contributed by atoms with Crippen LogP contribution in [0.4, 0.5) is 0 Å². The second-order valence-corrected chi connectivity index (χ2v) is 5.59. The Morgan fingerprint density at radius 1 is 1.19 bits per heavy atom. The lowest BCUT2D eigenvalue weighted by atomic mass is 10.1. The van der Waals surface area contributed by atoms with Gasteiger partial charge in [-0.3, -0.25) is 4.98 Å². The minimum atomic E-state index is 0.257. The Balaban J connectivity index is 1.75. The van der Waals surface area contributed by atoms with E-state index in [1.807, 2.05) is 12.3 Å². The molecule has 0 saturated carbocycles. The van der Waals surface area contributed by atoms with Crippen LogP contribution in [-0.2, 0) is 13.0 Å². The van der Waals surface area contributed by atoms with Crippen molar-refractivity contribution in [1.82, 2.24) is 9.55 Å². The Kier molecular flexibility index (Phi) is 4.02. The van der Waals surface area contributed by atoms with Gasteiger partial charge in [-0.25, -0.2) is 0 Å². The predicted octanol–water partition coefficient (Wildman–Crippen LogP) is 3.36. The molecule has 3 rings (SSSR count). The number of nitrogens with zero attached hydrogens (tertiary/aromatic N) is 2. The SMILES string of the molecule is CCC(N)Cc1ccn(Cc2ccc3ncccc3c2)c1.